The first-order chi connectivity index (χ1) is 10.1. The Morgan fingerprint density at radius 1 is 1.38 bits per heavy atom. The van der Waals surface area contributed by atoms with E-state index < -0.39 is 0 Å². The van der Waals surface area contributed by atoms with E-state index in [0.717, 1.165) is 27.9 Å². The SMILES string of the molecule is [B]C(CCc1ccc(Br)cc1)Nc1ccsc1C(=C)OC. The smallest absolute Gasteiger partial charge is 0.130 e. The van der Waals surface area contributed by atoms with Gasteiger partial charge in [0, 0.05) is 4.47 Å². The Balaban J connectivity index is 1.90. The van der Waals surface area contributed by atoms with Gasteiger partial charge in [-0.15, -0.1) is 11.3 Å². The Hall–Kier alpha value is -1.20. The maximum absolute atomic E-state index is 6.17. The molecule has 21 heavy (non-hydrogen) atoms. The van der Waals surface area contributed by atoms with Crippen molar-refractivity contribution in [1.29, 1.82) is 0 Å². The van der Waals surface area contributed by atoms with Crippen LogP contribution < -0.4 is 5.32 Å². The summed E-state index contributed by atoms with van der Waals surface area (Å²) < 4.78 is 6.28. The summed E-state index contributed by atoms with van der Waals surface area (Å²) in [7, 11) is 7.79. The highest BCUT2D eigenvalue weighted by atomic mass is 79.9. The molecule has 5 heteroatoms. The number of aryl methyl sites for hydroxylation is 1. The Bertz CT molecular complexity index is 597. The largest absolute Gasteiger partial charge is 0.496 e. The molecule has 2 radical (unpaired) electrons. The average molecular weight is 362 g/mol. The van der Waals surface area contributed by atoms with Crippen LogP contribution in [-0.2, 0) is 11.2 Å². The maximum atomic E-state index is 6.17. The lowest BCUT2D eigenvalue weighted by atomic mass is 9.90. The van der Waals surface area contributed by atoms with Crippen LogP contribution in [0.2, 0.25) is 0 Å². The highest BCUT2D eigenvalue weighted by Gasteiger charge is 2.10. The topological polar surface area (TPSA) is 21.3 Å². The van der Waals surface area contributed by atoms with Gasteiger partial charge in [-0.3, -0.25) is 0 Å². The number of benzene rings is 1. The molecule has 2 rings (SSSR count). The minimum atomic E-state index is -0.105. The van der Waals surface area contributed by atoms with E-state index in [1.54, 1.807) is 18.4 Å². The molecule has 1 N–H and O–H groups in total. The van der Waals surface area contributed by atoms with Crippen molar-refractivity contribution < 1.29 is 4.74 Å². The number of halogens is 1. The molecule has 0 aliphatic carbocycles. The molecule has 0 aliphatic heterocycles. The third-order valence-corrected chi connectivity index (χ3v) is 4.65. The molecular weight excluding hydrogens is 345 g/mol. The molecule has 0 fully saturated rings. The lowest BCUT2D eigenvalue weighted by Crippen LogP contribution is -2.20. The van der Waals surface area contributed by atoms with Crippen molar-refractivity contribution in [2.45, 2.75) is 18.8 Å². The van der Waals surface area contributed by atoms with Gasteiger partial charge < -0.3 is 10.1 Å². The van der Waals surface area contributed by atoms with Gasteiger partial charge in [0.05, 0.1) is 25.5 Å². The molecule has 1 aromatic carbocycles. The van der Waals surface area contributed by atoms with Crippen LogP contribution in [-0.4, -0.2) is 20.9 Å². The summed E-state index contributed by atoms with van der Waals surface area (Å²) in [5.74, 6) is 0.555. The van der Waals surface area contributed by atoms with Gasteiger partial charge in [-0.1, -0.05) is 34.6 Å². The van der Waals surface area contributed by atoms with Crippen molar-refractivity contribution >= 4 is 46.6 Å². The Morgan fingerprint density at radius 2 is 2.10 bits per heavy atom. The van der Waals surface area contributed by atoms with Crippen LogP contribution >= 0.6 is 27.3 Å². The van der Waals surface area contributed by atoms with Gasteiger partial charge in [0.1, 0.15) is 5.76 Å². The molecular formula is C16H17BBrNOS. The highest BCUT2D eigenvalue weighted by molar-refractivity contribution is 9.10. The van der Waals surface area contributed by atoms with E-state index in [9.17, 15) is 0 Å². The van der Waals surface area contributed by atoms with Crippen molar-refractivity contribution in [1.82, 2.24) is 0 Å². The molecule has 2 nitrogen and oxygen atoms in total. The molecule has 0 bridgehead atoms. The van der Waals surface area contributed by atoms with E-state index in [0.29, 0.717) is 5.76 Å². The second-order valence-corrected chi connectivity index (χ2v) is 6.54. The molecule has 2 aromatic rings. The van der Waals surface area contributed by atoms with Gasteiger partial charge in [-0.25, -0.2) is 0 Å². The zero-order valence-electron chi connectivity index (χ0n) is 11.9. The van der Waals surface area contributed by atoms with Gasteiger partial charge >= 0.3 is 0 Å². The highest BCUT2D eigenvalue weighted by Crippen LogP contribution is 2.29. The lowest BCUT2D eigenvalue weighted by molar-refractivity contribution is 0.373. The number of nitrogens with one attached hydrogen (secondary N) is 1. The van der Waals surface area contributed by atoms with Gasteiger partial charge in [0.15, 0.2) is 0 Å². The molecule has 0 saturated carbocycles. The number of thiophene rings is 1. The predicted molar refractivity (Wildman–Crippen MR) is 96.0 cm³/mol. The molecule has 108 valence electrons. The monoisotopic (exact) mass is 361 g/mol. The van der Waals surface area contributed by atoms with Crippen molar-refractivity contribution in [3.63, 3.8) is 0 Å². The molecule has 1 atom stereocenters. The number of rotatable bonds is 7. The van der Waals surface area contributed by atoms with Crippen LogP contribution in [0.5, 0.6) is 0 Å². The second kappa shape index (κ2) is 7.71. The minimum Gasteiger partial charge on any atom is -0.496 e. The number of hydrogen-bond donors (Lipinski definition) is 1. The van der Waals surface area contributed by atoms with Crippen molar-refractivity contribution in [3.8, 4) is 0 Å². The lowest BCUT2D eigenvalue weighted by Gasteiger charge is -2.16. The fraction of sp³-hybridized carbons (Fsp3) is 0.250. The van der Waals surface area contributed by atoms with E-state index in [2.05, 4.69) is 40.0 Å². The van der Waals surface area contributed by atoms with Crippen LogP contribution in [0.25, 0.3) is 5.76 Å². The van der Waals surface area contributed by atoms with Crippen LogP contribution in [0.15, 0.2) is 46.8 Å². The Kier molecular flexibility index (Phi) is 5.94. The van der Waals surface area contributed by atoms with Gasteiger partial charge in [0.25, 0.3) is 0 Å². The molecule has 1 unspecified atom stereocenters. The first-order valence-corrected chi connectivity index (χ1v) is 8.34. The Labute approximate surface area is 139 Å². The third-order valence-electron chi connectivity index (χ3n) is 3.16. The average Bonchev–Trinajstić information content (AvgIpc) is 2.94. The minimum absolute atomic E-state index is 0.105. The molecule has 1 aromatic heterocycles. The molecule has 1 heterocycles. The first-order valence-electron chi connectivity index (χ1n) is 6.67. The van der Waals surface area contributed by atoms with E-state index in [1.165, 1.54) is 5.56 Å². The number of hydrogen-bond acceptors (Lipinski definition) is 3. The summed E-state index contributed by atoms with van der Waals surface area (Å²) in [6, 6.07) is 10.3. The van der Waals surface area contributed by atoms with E-state index in [4.69, 9.17) is 12.6 Å². The van der Waals surface area contributed by atoms with Crippen molar-refractivity contribution in [2.24, 2.45) is 0 Å². The van der Waals surface area contributed by atoms with E-state index >= 15 is 0 Å². The zero-order chi connectivity index (χ0) is 15.2. The zero-order valence-corrected chi connectivity index (χ0v) is 14.3. The van der Waals surface area contributed by atoms with Crippen LogP contribution in [0.4, 0.5) is 5.69 Å². The first kappa shape index (κ1) is 16.2. The van der Waals surface area contributed by atoms with Gasteiger partial charge in [-0.2, -0.15) is 0 Å². The standard InChI is InChI=1S/C16H17BBrNOS/c1-11(20-2)16-14(9-10-21-16)19-15(17)8-5-12-3-6-13(18)7-4-12/h3-4,6-7,9-10,15,19H,1,5,8H2,2H3. The quantitative estimate of drug-likeness (QED) is 0.571. The number of anilines is 1. The molecule has 0 aliphatic rings. The molecule has 0 saturated heterocycles. The summed E-state index contributed by atoms with van der Waals surface area (Å²) >= 11 is 5.03. The summed E-state index contributed by atoms with van der Waals surface area (Å²) in [4.78, 5) is 0.997. The maximum Gasteiger partial charge on any atom is 0.130 e. The summed E-state index contributed by atoms with van der Waals surface area (Å²) in [6.45, 7) is 3.89. The third kappa shape index (κ3) is 4.65. The van der Waals surface area contributed by atoms with Crippen molar-refractivity contribution in [2.75, 3.05) is 12.4 Å². The van der Waals surface area contributed by atoms with Crippen molar-refractivity contribution in [3.05, 3.63) is 57.2 Å². The van der Waals surface area contributed by atoms with Gasteiger partial charge in [0.2, 0.25) is 0 Å². The van der Waals surface area contributed by atoms with E-state index in [1.807, 2.05) is 23.6 Å². The van der Waals surface area contributed by atoms with E-state index in [-0.39, 0.29) is 5.94 Å². The number of methoxy groups -OCH3 is 1. The van der Waals surface area contributed by atoms with Crippen LogP contribution in [0.1, 0.15) is 16.9 Å². The van der Waals surface area contributed by atoms with Crippen LogP contribution in [0.3, 0.4) is 0 Å². The normalized spacial score (nSPS) is 11.9. The molecule has 0 amide bonds. The summed E-state index contributed by atoms with van der Waals surface area (Å²) in [5, 5.41) is 5.33. The summed E-state index contributed by atoms with van der Waals surface area (Å²) in [6.07, 6.45) is 1.79. The fourth-order valence-electron chi connectivity index (χ4n) is 1.98. The summed E-state index contributed by atoms with van der Waals surface area (Å²) in [5.41, 5.74) is 2.26. The van der Waals surface area contributed by atoms with Gasteiger partial charge in [-0.05, 0) is 47.9 Å². The Morgan fingerprint density at radius 3 is 2.76 bits per heavy atom. The second-order valence-electron chi connectivity index (χ2n) is 4.71. The predicted octanol–water partition coefficient (Wildman–Crippen LogP) is 4.67. The fourth-order valence-corrected chi connectivity index (χ4v) is 3.05. The molecule has 0 spiro atoms. The number of ether oxygens (including phenoxy) is 1. The van der Waals surface area contributed by atoms with Crippen LogP contribution in [0, 0.1) is 0 Å².